The van der Waals surface area contributed by atoms with E-state index < -0.39 is 0 Å². The molecule has 1 aromatic carbocycles. The van der Waals surface area contributed by atoms with E-state index in [1.165, 1.54) is 11.3 Å². The van der Waals surface area contributed by atoms with Crippen molar-refractivity contribution in [3.8, 4) is 5.75 Å². The molecule has 0 amide bonds. The van der Waals surface area contributed by atoms with Gasteiger partial charge in [-0.3, -0.25) is 4.79 Å². The highest BCUT2D eigenvalue weighted by Gasteiger charge is 2.03. The zero-order valence-corrected chi connectivity index (χ0v) is 8.87. The van der Waals surface area contributed by atoms with E-state index in [1.807, 2.05) is 41.8 Å². The van der Waals surface area contributed by atoms with Crippen LogP contribution >= 0.6 is 11.3 Å². The molecule has 15 heavy (non-hydrogen) atoms. The molecule has 0 aliphatic heterocycles. The van der Waals surface area contributed by atoms with Gasteiger partial charge in [0, 0.05) is 5.56 Å². The maximum Gasteiger partial charge on any atom is 0.160 e. The van der Waals surface area contributed by atoms with Gasteiger partial charge in [-0.15, -0.1) is 11.3 Å². The molecule has 0 bridgehead atoms. The summed E-state index contributed by atoms with van der Waals surface area (Å²) < 4.78 is 5.54. The first-order valence-corrected chi connectivity index (χ1v) is 5.47. The summed E-state index contributed by atoms with van der Waals surface area (Å²) in [6.07, 6.45) is 0.869. The number of ether oxygens (including phenoxy) is 1. The van der Waals surface area contributed by atoms with Crippen LogP contribution in [0.1, 0.15) is 15.2 Å². The Morgan fingerprint density at radius 2 is 2.00 bits per heavy atom. The Balaban J connectivity index is 2.02. The molecule has 2 rings (SSSR count). The molecule has 0 saturated heterocycles. The molecule has 0 aliphatic carbocycles. The van der Waals surface area contributed by atoms with Crippen molar-refractivity contribution in [2.24, 2.45) is 0 Å². The summed E-state index contributed by atoms with van der Waals surface area (Å²) in [6, 6.07) is 11.5. The van der Waals surface area contributed by atoms with Gasteiger partial charge in [-0.2, -0.15) is 0 Å². The minimum atomic E-state index is 0.446. The Labute approximate surface area is 92.1 Å². The summed E-state index contributed by atoms with van der Waals surface area (Å²) in [5.74, 6) is 0.820. The molecule has 0 radical (unpaired) electrons. The summed E-state index contributed by atoms with van der Waals surface area (Å²) >= 11 is 1.44. The zero-order chi connectivity index (χ0) is 10.5. The zero-order valence-electron chi connectivity index (χ0n) is 8.05. The van der Waals surface area contributed by atoms with E-state index in [1.54, 1.807) is 0 Å². The fourth-order valence-corrected chi connectivity index (χ4v) is 1.96. The number of hydrogen-bond donors (Lipinski definition) is 0. The van der Waals surface area contributed by atoms with Gasteiger partial charge in [0.25, 0.3) is 0 Å². The summed E-state index contributed by atoms with van der Waals surface area (Å²) in [6.45, 7) is 0.446. The van der Waals surface area contributed by atoms with Gasteiger partial charge >= 0.3 is 0 Å². The van der Waals surface area contributed by atoms with Crippen molar-refractivity contribution in [3.63, 3.8) is 0 Å². The van der Waals surface area contributed by atoms with E-state index in [2.05, 4.69) is 0 Å². The van der Waals surface area contributed by atoms with Gasteiger partial charge in [0.1, 0.15) is 12.4 Å². The third-order valence-electron chi connectivity index (χ3n) is 2.03. The van der Waals surface area contributed by atoms with Gasteiger partial charge in [-0.1, -0.05) is 18.2 Å². The molecular weight excluding hydrogens is 208 g/mol. The number of aldehydes is 1. The normalized spacial score (nSPS) is 9.87. The molecule has 0 atom stereocenters. The Hall–Kier alpha value is -1.61. The van der Waals surface area contributed by atoms with Crippen molar-refractivity contribution in [2.45, 2.75) is 6.61 Å². The summed E-state index contributed by atoms with van der Waals surface area (Å²) in [4.78, 5) is 11.4. The third kappa shape index (κ3) is 2.44. The minimum absolute atomic E-state index is 0.446. The highest BCUT2D eigenvalue weighted by Crippen LogP contribution is 2.17. The molecule has 2 nitrogen and oxygen atoms in total. The second kappa shape index (κ2) is 4.75. The van der Waals surface area contributed by atoms with Crippen LogP contribution in [-0.2, 0) is 6.61 Å². The van der Waals surface area contributed by atoms with Crippen LogP contribution in [0.3, 0.4) is 0 Å². The topological polar surface area (TPSA) is 26.3 Å². The van der Waals surface area contributed by atoms with E-state index >= 15 is 0 Å². The first-order chi connectivity index (χ1) is 7.40. The monoisotopic (exact) mass is 218 g/mol. The number of para-hydroxylation sites is 1. The maximum absolute atomic E-state index is 10.7. The first kappa shape index (κ1) is 9.93. The molecule has 0 saturated carbocycles. The van der Waals surface area contributed by atoms with Crippen LogP contribution in [0.15, 0.2) is 41.8 Å². The molecule has 0 aliphatic rings. The van der Waals surface area contributed by atoms with E-state index in [0.717, 1.165) is 22.5 Å². The molecule has 0 unspecified atom stereocenters. The lowest BCUT2D eigenvalue weighted by molar-refractivity contribution is 0.112. The predicted octanol–water partition coefficient (Wildman–Crippen LogP) is 3.14. The van der Waals surface area contributed by atoms with Crippen molar-refractivity contribution in [2.75, 3.05) is 0 Å². The number of benzene rings is 1. The van der Waals surface area contributed by atoms with Crippen molar-refractivity contribution in [1.82, 2.24) is 0 Å². The molecule has 76 valence electrons. The number of hydrogen-bond acceptors (Lipinski definition) is 3. The Kier molecular flexibility index (Phi) is 3.15. The van der Waals surface area contributed by atoms with Gasteiger partial charge < -0.3 is 4.74 Å². The lowest BCUT2D eigenvalue weighted by Crippen LogP contribution is -1.95. The molecule has 2 aromatic rings. The van der Waals surface area contributed by atoms with E-state index in [9.17, 15) is 4.79 Å². The molecular formula is C12H10O2S. The van der Waals surface area contributed by atoms with Crippen molar-refractivity contribution < 1.29 is 9.53 Å². The van der Waals surface area contributed by atoms with Crippen molar-refractivity contribution in [1.29, 1.82) is 0 Å². The SMILES string of the molecule is O=Cc1sccc1COc1ccccc1. The van der Waals surface area contributed by atoms with E-state index in [0.29, 0.717) is 6.61 Å². The maximum atomic E-state index is 10.7. The molecule has 0 fully saturated rings. The fourth-order valence-electron chi connectivity index (χ4n) is 1.25. The van der Waals surface area contributed by atoms with E-state index in [4.69, 9.17) is 4.74 Å². The minimum Gasteiger partial charge on any atom is -0.489 e. The quantitative estimate of drug-likeness (QED) is 0.737. The highest BCUT2D eigenvalue weighted by molar-refractivity contribution is 7.11. The fraction of sp³-hybridized carbons (Fsp3) is 0.0833. The summed E-state index contributed by atoms with van der Waals surface area (Å²) in [7, 11) is 0. The van der Waals surface area contributed by atoms with Crippen LogP contribution in [0.5, 0.6) is 5.75 Å². The smallest absolute Gasteiger partial charge is 0.160 e. The van der Waals surface area contributed by atoms with Gasteiger partial charge in [0.2, 0.25) is 0 Å². The first-order valence-electron chi connectivity index (χ1n) is 4.59. The van der Waals surface area contributed by atoms with Crippen LogP contribution in [0.4, 0.5) is 0 Å². The largest absolute Gasteiger partial charge is 0.489 e. The summed E-state index contributed by atoms with van der Waals surface area (Å²) in [5.41, 5.74) is 0.943. The standard InChI is InChI=1S/C12H10O2S/c13-8-12-10(6-7-15-12)9-14-11-4-2-1-3-5-11/h1-8H,9H2. The van der Waals surface area contributed by atoms with Crippen LogP contribution < -0.4 is 4.74 Å². The predicted molar refractivity (Wildman–Crippen MR) is 60.5 cm³/mol. The second-order valence-electron chi connectivity index (χ2n) is 3.03. The van der Waals surface area contributed by atoms with Gasteiger partial charge in [0.05, 0.1) is 4.88 Å². The molecule has 0 N–H and O–H groups in total. The molecule has 1 heterocycles. The van der Waals surface area contributed by atoms with Crippen LogP contribution in [0.2, 0.25) is 0 Å². The average molecular weight is 218 g/mol. The number of carbonyl (C=O) groups is 1. The number of thiophene rings is 1. The highest BCUT2D eigenvalue weighted by atomic mass is 32.1. The van der Waals surface area contributed by atoms with Gasteiger partial charge in [0.15, 0.2) is 6.29 Å². The Morgan fingerprint density at radius 1 is 1.20 bits per heavy atom. The molecule has 0 spiro atoms. The number of carbonyl (C=O) groups excluding carboxylic acids is 1. The average Bonchev–Trinajstić information content (AvgIpc) is 2.75. The van der Waals surface area contributed by atoms with Crippen LogP contribution in [0, 0.1) is 0 Å². The molecule has 3 heteroatoms. The Bertz CT molecular complexity index is 434. The van der Waals surface area contributed by atoms with Crippen molar-refractivity contribution >= 4 is 17.6 Å². The lowest BCUT2D eigenvalue weighted by atomic mass is 10.3. The Morgan fingerprint density at radius 3 is 2.73 bits per heavy atom. The van der Waals surface area contributed by atoms with E-state index in [-0.39, 0.29) is 0 Å². The van der Waals surface area contributed by atoms with Gasteiger partial charge in [-0.05, 0) is 23.6 Å². The molecule has 1 aromatic heterocycles. The van der Waals surface area contributed by atoms with Crippen LogP contribution in [0.25, 0.3) is 0 Å². The summed E-state index contributed by atoms with van der Waals surface area (Å²) in [5, 5.41) is 1.90. The second-order valence-corrected chi connectivity index (χ2v) is 3.98. The van der Waals surface area contributed by atoms with Gasteiger partial charge in [-0.25, -0.2) is 0 Å². The van der Waals surface area contributed by atoms with Crippen LogP contribution in [-0.4, -0.2) is 6.29 Å². The number of rotatable bonds is 4. The third-order valence-corrected chi connectivity index (χ3v) is 2.91. The van der Waals surface area contributed by atoms with Crippen molar-refractivity contribution in [3.05, 3.63) is 52.2 Å². The lowest BCUT2D eigenvalue weighted by Gasteiger charge is -2.04.